The highest BCUT2D eigenvalue weighted by atomic mass is 32.2. The predicted octanol–water partition coefficient (Wildman–Crippen LogP) is 3.00. The Kier molecular flexibility index (Phi) is 9.65. The van der Waals surface area contributed by atoms with E-state index in [-0.39, 0.29) is 11.8 Å². The van der Waals surface area contributed by atoms with Crippen LogP contribution in [0.25, 0.3) is 0 Å². The molecule has 0 unspecified atom stereocenters. The molecule has 0 aromatic heterocycles. The van der Waals surface area contributed by atoms with Crippen molar-refractivity contribution in [1.82, 2.24) is 5.32 Å². The molecule has 102 valence electrons. The Labute approximate surface area is 110 Å². The minimum Gasteiger partial charge on any atom is -0.481 e. The summed E-state index contributed by atoms with van der Waals surface area (Å²) in [5.74, 6) is 1.73. The second-order valence-corrected chi connectivity index (χ2v) is 6.50. The molecule has 3 nitrogen and oxygen atoms in total. The van der Waals surface area contributed by atoms with Gasteiger partial charge in [-0.15, -0.1) is 0 Å². The highest BCUT2D eigenvalue weighted by Crippen LogP contribution is 2.25. The molecule has 0 heterocycles. The van der Waals surface area contributed by atoms with E-state index in [1.165, 1.54) is 17.9 Å². The average molecular weight is 261 g/mol. The van der Waals surface area contributed by atoms with Crippen molar-refractivity contribution in [3.05, 3.63) is 0 Å². The molecule has 0 atom stereocenters. The van der Waals surface area contributed by atoms with Crippen LogP contribution in [-0.2, 0) is 4.79 Å². The van der Waals surface area contributed by atoms with Crippen molar-refractivity contribution in [3.8, 4) is 0 Å². The first-order chi connectivity index (χ1) is 7.98. The summed E-state index contributed by atoms with van der Waals surface area (Å²) < 4.78 is 0. The lowest BCUT2D eigenvalue weighted by Crippen LogP contribution is -2.24. The molecule has 0 amide bonds. The fourth-order valence-electron chi connectivity index (χ4n) is 1.57. The van der Waals surface area contributed by atoms with E-state index in [1.54, 1.807) is 0 Å². The van der Waals surface area contributed by atoms with Crippen LogP contribution < -0.4 is 5.32 Å². The standard InChI is InChI=1S/C13H27NO2S/c1-4-17-11-5-9-14-10-8-13(2,3)7-6-12(15)16/h14H,4-11H2,1-3H3,(H,15,16). The van der Waals surface area contributed by atoms with Gasteiger partial charge in [-0.1, -0.05) is 20.8 Å². The Morgan fingerprint density at radius 2 is 2.00 bits per heavy atom. The number of carboxylic acid groups (broad SMARTS) is 1. The molecule has 0 spiro atoms. The van der Waals surface area contributed by atoms with Gasteiger partial charge in [0.1, 0.15) is 0 Å². The van der Waals surface area contributed by atoms with E-state index in [4.69, 9.17) is 5.11 Å². The first-order valence-corrected chi connectivity index (χ1v) is 7.63. The molecule has 0 aliphatic heterocycles. The van der Waals surface area contributed by atoms with Gasteiger partial charge in [-0.25, -0.2) is 0 Å². The molecule has 2 N–H and O–H groups in total. The normalized spacial score (nSPS) is 11.7. The lowest BCUT2D eigenvalue weighted by molar-refractivity contribution is -0.137. The maximum atomic E-state index is 10.5. The Morgan fingerprint density at radius 1 is 1.29 bits per heavy atom. The molecule has 0 rings (SSSR count). The van der Waals surface area contributed by atoms with Crippen molar-refractivity contribution in [2.75, 3.05) is 24.6 Å². The molecule has 0 bridgehead atoms. The molecular formula is C13H27NO2S. The van der Waals surface area contributed by atoms with Gasteiger partial charge in [0.15, 0.2) is 0 Å². The molecule has 0 aliphatic carbocycles. The minimum absolute atomic E-state index is 0.129. The third-order valence-electron chi connectivity index (χ3n) is 2.84. The summed E-state index contributed by atoms with van der Waals surface area (Å²) in [7, 11) is 0. The average Bonchev–Trinajstić information content (AvgIpc) is 2.25. The Morgan fingerprint density at radius 3 is 2.59 bits per heavy atom. The van der Waals surface area contributed by atoms with E-state index in [0.717, 1.165) is 25.9 Å². The summed E-state index contributed by atoms with van der Waals surface area (Å²) in [6, 6.07) is 0. The van der Waals surface area contributed by atoms with Gasteiger partial charge in [0.2, 0.25) is 0 Å². The molecule has 0 aliphatic rings. The Hall–Kier alpha value is -0.220. The molecule has 0 aromatic carbocycles. The summed E-state index contributed by atoms with van der Waals surface area (Å²) in [5.41, 5.74) is 0.129. The van der Waals surface area contributed by atoms with E-state index in [2.05, 4.69) is 26.1 Å². The van der Waals surface area contributed by atoms with Crippen molar-refractivity contribution in [1.29, 1.82) is 0 Å². The van der Waals surface area contributed by atoms with Crippen LogP contribution >= 0.6 is 11.8 Å². The first kappa shape index (κ1) is 16.8. The van der Waals surface area contributed by atoms with Crippen molar-refractivity contribution in [2.45, 2.75) is 46.5 Å². The number of carbonyl (C=O) groups is 1. The fourth-order valence-corrected chi connectivity index (χ4v) is 2.20. The van der Waals surface area contributed by atoms with Crippen molar-refractivity contribution in [3.63, 3.8) is 0 Å². The highest BCUT2D eigenvalue weighted by Gasteiger charge is 2.18. The number of hydrogen-bond acceptors (Lipinski definition) is 3. The van der Waals surface area contributed by atoms with E-state index in [1.807, 2.05) is 11.8 Å². The largest absolute Gasteiger partial charge is 0.481 e. The van der Waals surface area contributed by atoms with Crippen LogP contribution in [0.2, 0.25) is 0 Å². The molecule has 17 heavy (non-hydrogen) atoms. The SMILES string of the molecule is CCSCCCNCCC(C)(C)CCC(=O)O. The topological polar surface area (TPSA) is 49.3 Å². The zero-order valence-electron chi connectivity index (χ0n) is 11.4. The van der Waals surface area contributed by atoms with Gasteiger partial charge in [-0.05, 0) is 49.3 Å². The molecule has 0 radical (unpaired) electrons. The number of nitrogens with one attached hydrogen (secondary N) is 1. The zero-order chi connectivity index (χ0) is 13.1. The third kappa shape index (κ3) is 12.0. The van der Waals surface area contributed by atoms with Crippen LogP contribution in [0.3, 0.4) is 0 Å². The molecule has 0 aromatic rings. The van der Waals surface area contributed by atoms with Crippen LogP contribution in [0.15, 0.2) is 0 Å². The molecule has 0 fully saturated rings. The molecule has 0 saturated heterocycles. The van der Waals surface area contributed by atoms with Gasteiger partial charge < -0.3 is 10.4 Å². The lowest BCUT2D eigenvalue weighted by atomic mass is 9.84. The van der Waals surface area contributed by atoms with Gasteiger partial charge in [-0.3, -0.25) is 4.79 Å². The second-order valence-electron chi connectivity index (χ2n) is 5.11. The van der Waals surface area contributed by atoms with E-state index < -0.39 is 5.97 Å². The number of aliphatic carboxylic acids is 1. The smallest absolute Gasteiger partial charge is 0.303 e. The quantitative estimate of drug-likeness (QED) is 0.561. The Balaban J connectivity index is 3.42. The zero-order valence-corrected chi connectivity index (χ0v) is 12.2. The van der Waals surface area contributed by atoms with Crippen LogP contribution in [0, 0.1) is 5.41 Å². The summed E-state index contributed by atoms with van der Waals surface area (Å²) >= 11 is 1.98. The van der Waals surface area contributed by atoms with Gasteiger partial charge in [0.25, 0.3) is 0 Å². The maximum Gasteiger partial charge on any atom is 0.303 e. The van der Waals surface area contributed by atoms with Crippen molar-refractivity contribution >= 4 is 17.7 Å². The van der Waals surface area contributed by atoms with Crippen LogP contribution in [-0.4, -0.2) is 35.7 Å². The molecule has 0 saturated carbocycles. The van der Waals surface area contributed by atoms with Gasteiger partial charge in [0.05, 0.1) is 0 Å². The molecular weight excluding hydrogens is 234 g/mol. The number of carboxylic acids is 1. The monoisotopic (exact) mass is 261 g/mol. The van der Waals surface area contributed by atoms with Crippen molar-refractivity contribution < 1.29 is 9.90 Å². The van der Waals surface area contributed by atoms with Gasteiger partial charge in [-0.2, -0.15) is 11.8 Å². The predicted molar refractivity (Wildman–Crippen MR) is 75.8 cm³/mol. The lowest BCUT2D eigenvalue weighted by Gasteiger charge is -2.23. The summed E-state index contributed by atoms with van der Waals surface area (Å²) in [4.78, 5) is 10.5. The number of rotatable bonds is 11. The summed E-state index contributed by atoms with van der Waals surface area (Å²) in [6.45, 7) is 8.53. The van der Waals surface area contributed by atoms with Crippen LogP contribution in [0.5, 0.6) is 0 Å². The number of thioether (sulfide) groups is 1. The second kappa shape index (κ2) is 9.77. The number of hydrogen-bond donors (Lipinski definition) is 2. The first-order valence-electron chi connectivity index (χ1n) is 6.48. The summed E-state index contributed by atoms with van der Waals surface area (Å²) in [6.07, 6.45) is 3.30. The van der Waals surface area contributed by atoms with E-state index in [9.17, 15) is 4.79 Å². The highest BCUT2D eigenvalue weighted by molar-refractivity contribution is 7.99. The molecule has 4 heteroatoms. The van der Waals surface area contributed by atoms with E-state index in [0.29, 0.717) is 0 Å². The maximum absolute atomic E-state index is 10.5. The van der Waals surface area contributed by atoms with E-state index >= 15 is 0 Å². The van der Waals surface area contributed by atoms with Crippen LogP contribution in [0.4, 0.5) is 0 Å². The van der Waals surface area contributed by atoms with Crippen LogP contribution in [0.1, 0.15) is 46.5 Å². The Bertz CT molecular complexity index is 208. The summed E-state index contributed by atoms with van der Waals surface area (Å²) in [5, 5.41) is 12.1. The van der Waals surface area contributed by atoms with Crippen molar-refractivity contribution in [2.24, 2.45) is 5.41 Å². The van der Waals surface area contributed by atoms with Gasteiger partial charge in [0, 0.05) is 6.42 Å². The third-order valence-corrected chi connectivity index (χ3v) is 3.83. The van der Waals surface area contributed by atoms with Gasteiger partial charge >= 0.3 is 5.97 Å². The fraction of sp³-hybridized carbons (Fsp3) is 0.923. The minimum atomic E-state index is -0.692.